The van der Waals surface area contributed by atoms with Crippen LogP contribution in [0.1, 0.15) is 29.4 Å². The molecule has 4 heterocycles. The quantitative estimate of drug-likeness (QED) is 0.868. The van der Waals surface area contributed by atoms with Crippen molar-refractivity contribution in [3.63, 3.8) is 0 Å². The molecule has 3 saturated heterocycles. The number of aryl methyl sites for hydroxylation is 1. The maximum atomic E-state index is 14.5. The van der Waals surface area contributed by atoms with Crippen LogP contribution >= 0.6 is 0 Å². The second-order valence-electron chi connectivity index (χ2n) is 6.34. The van der Waals surface area contributed by atoms with Gasteiger partial charge in [-0.1, -0.05) is 25.1 Å². The van der Waals surface area contributed by atoms with Gasteiger partial charge >= 0.3 is 0 Å². The first kappa shape index (κ1) is 15.1. The zero-order valence-corrected chi connectivity index (χ0v) is 13.5. The molecule has 2 unspecified atom stereocenters. The molecule has 124 valence electrons. The molecule has 0 spiro atoms. The second kappa shape index (κ2) is 5.85. The summed E-state index contributed by atoms with van der Waals surface area (Å²) in [6.45, 7) is 3.11. The lowest BCUT2D eigenvalue weighted by atomic mass is 9.86. The summed E-state index contributed by atoms with van der Waals surface area (Å²) < 4.78 is 14.5. The summed E-state index contributed by atoms with van der Waals surface area (Å²) in [7, 11) is 0. The molecule has 3 aliphatic rings. The first-order valence-corrected chi connectivity index (χ1v) is 8.31. The van der Waals surface area contributed by atoms with Crippen LogP contribution in [0, 0.1) is 5.82 Å². The summed E-state index contributed by atoms with van der Waals surface area (Å²) in [5.41, 5.74) is 1.15. The molecule has 2 aromatic rings. The highest BCUT2D eigenvalue weighted by Gasteiger charge is 2.48. The van der Waals surface area contributed by atoms with Crippen LogP contribution in [0.25, 0.3) is 0 Å². The van der Waals surface area contributed by atoms with Crippen LogP contribution in [-0.4, -0.2) is 45.9 Å². The number of aromatic nitrogens is 2. The van der Waals surface area contributed by atoms with Gasteiger partial charge in [-0.25, -0.2) is 14.4 Å². The Bertz CT molecular complexity index is 755. The largest absolute Gasteiger partial charge is 0.350 e. The van der Waals surface area contributed by atoms with Gasteiger partial charge < -0.3 is 9.80 Å². The van der Waals surface area contributed by atoms with Crippen LogP contribution in [0.3, 0.4) is 0 Å². The number of anilines is 1. The number of nitrogens with zero attached hydrogens (tertiary/aromatic N) is 4. The van der Waals surface area contributed by atoms with Crippen molar-refractivity contribution in [1.82, 2.24) is 14.9 Å². The Morgan fingerprint density at radius 1 is 1.21 bits per heavy atom. The molecule has 5 nitrogen and oxygen atoms in total. The Morgan fingerprint density at radius 2 is 1.92 bits per heavy atom. The van der Waals surface area contributed by atoms with Gasteiger partial charge in [0.25, 0.3) is 5.91 Å². The first-order chi connectivity index (χ1) is 11.7. The molecule has 0 aliphatic carbocycles. The van der Waals surface area contributed by atoms with Crippen LogP contribution in [-0.2, 0) is 6.42 Å². The van der Waals surface area contributed by atoms with Crippen molar-refractivity contribution in [2.24, 2.45) is 0 Å². The van der Waals surface area contributed by atoms with Crippen molar-refractivity contribution >= 4 is 11.7 Å². The first-order valence-electron chi connectivity index (χ1n) is 8.31. The molecule has 6 heteroatoms. The Hall–Kier alpha value is -2.50. The molecule has 2 atom stereocenters. The lowest BCUT2D eigenvalue weighted by Crippen LogP contribution is -2.70. The standard InChI is InChI=1S/C18H19FN4O/c1-2-15-16(19)17(21-11-20-15)22-9-13-8-14(10-22)23(13)18(24)12-6-4-3-5-7-12/h3-7,11,13-14H,2,8-10H2,1H3. The molecule has 2 bridgehead atoms. The van der Waals surface area contributed by atoms with E-state index in [2.05, 4.69) is 9.97 Å². The van der Waals surface area contributed by atoms with Crippen LogP contribution in [0.2, 0.25) is 0 Å². The van der Waals surface area contributed by atoms with Gasteiger partial charge in [0.05, 0.1) is 17.8 Å². The van der Waals surface area contributed by atoms with Crippen molar-refractivity contribution in [2.75, 3.05) is 18.0 Å². The second-order valence-corrected chi connectivity index (χ2v) is 6.34. The molecule has 24 heavy (non-hydrogen) atoms. The number of hydrogen-bond donors (Lipinski definition) is 0. The molecule has 1 aromatic heterocycles. The molecule has 3 fully saturated rings. The minimum absolute atomic E-state index is 0.0638. The molecular weight excluding hydrogens is 307 g/mol. The van der Waals surface area contributed by atoms with Crippen molar-refractivity contribution in [2.45, 2.75) is 31.8 Å². The van der Waals surface area contributed by atoms with E-state index in [1.54, 1.807) is 0 Å². The fourth-order valence-electron chi connectivity index (χ4n) is 3.71. The lowest BCUT2D eigenvalue weighted by molar-refractivity contribution is 0.00562. The Labute approximate surface area is 140 Å². The average molecular weight is 326 g/mol. The van der Waals surface area contributed by atoms with Crippen LogP contribution in [0.4, 0.5) is 10.2 Å². The minimum Gasteiger partial charge on any atom is -0.350 e. The van der Waals surface area contributed by atoms with Gasteiger partial charge in [-0.05, 0) is 25.0 Å². The third-order valence-corrected chi connectivity index (χ3v) is 4.93. The Kier molecular flexibility index (Phi) is 3.67. The summed E-state index contributed by atoms with van der Waals surface area (Å²) in [6.07, 6.45) is 2.94. The highest BCUT2D eigenvalue weighted by atomic mass is 19.1. The molecule has 0 radical (unpaired) electrons. The number of carbonyl (C=O) groups is 1. The van der Waals surface area contributed by atoms with Crippen LogP contribution in [0.15, 0.2) is 36.7 Å². The van der Waals surface area contributed by atoms with Crippen molar-refractivity contribution in [3.05, 3.63) is 53.7 Å². The number of fused-ring (bicyclic) bond motifs is 2. The summed E-state index contributed by atoms with van der Waals surface area (Å²) in [5, 5.41) is 0. The van der Waals surface area contributed by atoms with Gasteiger partial charge in [0.15, 0.2) is 11.6 Å². The van der Waals surface area contributed by atoms with Gasteiger partial charge in [-0.15, -0.1) is 0 Å². The van der Waals surface area contributed by atoms with E-state index < -0.39 is 0 Å². The molecular formula is C18H19FN4O. The van der Waals surface area contributed by atoms with Crippen LogP contribution < -0.4 is 4.90 Å². The fourth-order valence-corrected chi connectivity index (χ4v) is 3.71. The summed E-state index contributed by atoms with van der Waals surface area (Å²) in [4.78, 5) is 24.7. The number of benzene rings is 1. The Balaban J connectivity index is 1.52. The molecule has 1 aromatic carbocycles. The predicted molar refractivity (Wildman–Crippen MR) is 88.4 cm³/mol. The normalized spacial score (nSPS) is 22.2. The SMILES string of the molecule is CCc1ncnc(N2CC3CC(C2)N3C(=O)c2ccccc2)c1F. The van der Waals surface area contributed by atoms with E-state index >= 15 is 0 Å². The van der Waals surface area contributed by atoms with Crippen molar-refractivity contribution in [3.8, 4) is 0 Å². The van der Waals surface area contributed by atoms with E-state index in [-0.39, 0.29) is 23.8 Å². The molecule has 5 rings (SSSR count). The smallest absolute Gasteiger partial charge is 0.254 e. The number of piperidine rings is 1. The third-order valence-electron chi connectivity index (χ3n) is 4.93. The van der Waals surface area contributed by atoms with Crippen LogP contribution in [0.5, 0.6) is 0 Å². The number of piperazine rings is 1. The maximum Gasteiger partial charge on any atom is 0.254 e. The number of halogens is 1. The van der Waals surface area contributed by atoms with Gasteiger partial charge in [-0.2, -0.15) is 0 Å². The molecule has 1 amide bonds. The monoisotopic (exact) mass is 326 g/mol. The maximum absolute atomic E-state index is 14.5. The van der Waals surface area contributed by atoms with E-state index in [9.17, 15) is 9.18 Å². The van der Waals surface area contributed by atoms with E-state index in [0.29, 0.717) is 36.6 Å². The third kappa shape index (κ3) is 2.33. The van der Waals surface area contributed by atoms with Gasteiger partial charge in [-0.3, -0.25) is 4.79 Å². The van der Waals surface area contributed by atoms with Gasteiger partial charge in [0, 0.05) is 18.7 Å². The van der Waals surface area contributed by atoms with E-state index in [0.717, 1.165) is 6.42 Å². The summed E-state index contributed by atoms with van der Waals surface area (Å²) in [6, 6.07) is 9.57. The average Bonchev–Trinajstić information content (AvgIpc) is 2.62. The Morgan fingerprint density at radius 3 is 2.58 bits per heavy atom. The lowest BCUT2D eigenvalue weighted by Gasteiger charge is -2.56. The fraction of sp³-hybridized carbons (Fsp3) is 0.389. The van der Waals surface area contributed by atoms with E-state index in [1.807, 2.05) is 47.1 Å². The predicted octanol–water partition coefficient (Wildman–Crippen LogP) is 2.28. The number of rotatable bonds is 3. The topological polar surface area (TPSA) is 49.3 Å². The number of amides is 1. The zero-order valence-electron chi connectivity index (χ0n) is 13.5. The highest BCUT2D eigenvalue weighted by molar-refractivity contribution is 5.95. The van der Waals surface area contributed by atoms with Gasteiger partial charge in [0.2, 0.25) is 0 Å². The van der Waals surface area contributed by atoms with Gasteiger partial charge in [0.1, 0.15) is 6.33 Å². The highest BCUT2D eigenvalue weighted by Crippen LogP contribution is 2.36. The minimum atomic E-state index is -0.331. The van der Waals surface area contributed by atoms with E-state index in [1.165, 1.54) is 6.33 Å². The number of hydrogen-bond acceptors (Lipinski definition) is 4. The van der Waals surface area contributed by atoms with Crippen molar-refractivity contribution < 1.29 is 9.18 Å². The molecule has 0 saturated carbocycles. The zero-order chi connectivity index (χ0) is 16.7. The van der Waals surface area contributed by atoms with E-state index in [4.69, 9.17) is 0 Å². The molecule has 0 N–H and O–H groups in total. The molecule has 3 aliphatic heterocycles. The summed E-state index contributed by atoms with van der Waals surface area (Å²) in [5.74, 6) is 0.0968. The van der Waals surface area contributed by atoms with Crippen molar-refractivity contribution in [1.29, 1.82) is 0 Å². The summed E-state index contributed by atoms with van der Waals surface area (Å²) >= 11 is 0. The number of carbonyl (C=O) groups excluding carboxylic acids is 1.